The van der Waals surface area contributed by atoms with Crippen LogP contribution in [0.2, 0.25) is 6.32 Å². The maximum absolute atomic E-state index is 14.4. The lowest BCUT2D eigenvalue weighted by Gasteiger charge is -2.40. The van der Waals surface area contributed by atoms with Crippen LogP contribution >= 0.6 is 24.8 Å². The quantitative estimate of drug-likeness (QED) is 0.270. The van der Waals surface area contributed by atoms with Gasteiger partial charge in [-0.05, 0) is 50.7 Å². The van der Waals surface area contributed by atoms with Crippen LogP contribution in [0.1, 0.15) is 37.7 Å². The molecule has 0 saturated carbocycles. The first kappa shape index (κ1) is 30.7. The van der Waals surface area contributed by atoms with Crippen LogP contribution in [-0.4, -0.2) is 66.0 Å². The van der Waals surface area contributed by atoms with E-state index in [1.54, 1.807) is 6.07 Å². The molecule has 184 valence electrons. The van der Waals surface area contributed by atoms with Crippen molar-refractivity contribution in [1.29, 1.82) is 0 Å². The van der Waals surface area contributed by atoms with Crippen LogP contribution in [0.3, 0.4) is 0 Å². The summed E-state index contributed by atoms with van der Waals surface area (Å²) in [7, 11) is 1.57. The van der Waals surface area contributed by atoms with E-state index in [1.165, 1.54) is 20.3 Å². The SMILES string of the molecule is COc1cc(F)c(CN2CCC(C(N)(CCCCB(O)O)C(=O)O)CC2)cc1OC.Cl.Cl. The summed E-state index contributed by atoms with van der Waals surface area (Å²) in [6, 6.07) is 2.93. The van der Waals surface area contributed by atoms with Gasteiger partial charge in [0, 0.05) is 18.2 Å². The molecule has 0 radical (unpaired) electrons. The first-order valence-electron chi connectivity index (χ1n) is 10.2. The maximum Gasteiger partial charge on any atom is 0.451 e. The number of methoxy groups -OCH3 is 2. The fourth-order valence-corrected chi connectivity index (χ4v) is 4.09. The van der Waals surface area contributed by atoms with Crippen molar-refractivity contribution in [3.63, 3.8) is 0 Å². The summed E-state index contributed by atoms with van der Waals surface area (Å²) in [6.07, 6.45) is 2.69. The van der Waals surface area contributed by atoms with Crippen molar-refractivity contribution in [2.24, 2.45) is 11.7 Å². The third kappa shape index (κ3) is 7.93. The molecule has 0 spiro atoms. The molecule has 0 amide bonds. The fourth-order valence-electron chi connectivity index (χ4n) is 4.09. The third-order valence-corrected chi connectivity index (χ3v) is 5.96. The molecule has 1 heterocycles. The van der Waals surface area contributed by atoms with Crippen LogP contribution in [0.5, 0.6) is 11.5 Å². The molecule has 8 nitrogen and oxygen atoms in total. The summed E-state index contributed by atoms with van der Waals surface area (Å²) in [5.41, 5.74) is 5.44. The van der Waals surface area contributed by atoms with Crippen molar-refractivity contribution in [1.82, 2.24) is 4.90 Å². The zero-order chi connectivity index (χ0) is 22.3. The summed E-state index contributed by atoms with van der Waals surface area (Å²) in [6.45, 7) is 1.61. The first-order chi connectivity index (χ1) is 14.2. The van der Waals surface area contributed by atoms with Crippen LogP contribution in [0.4, 0.5) is 4.39 Å². The number of unbranched alkanes of at least 4 members (excludes halogenated alkanes) is 1. The van der Waals surface area contributed by atoms with Crippen LogP contribution in [0.15, 0.2) is 12.1 Å². The lowest BCUT2D eigenvalue weighted by molar-refractivity contribution is -0.147. The highest BCUT2D eigenvalue weighted by Gasteiger charge is 2.43. The second-order valence-corrected chi connectivity index (χ2v) is 7.92. The van der Waals surface area contributed by atoms with Gasteiger partial charge in [0.05, 0.1) is 14.2 Å². The van der Waals surface area contributed by atoms with E-state index < -0.39 is 18.6 Å². The number of nitrogens with zero attached hydrogens (tertiary/aromatic N) is 1. The van der Waals surface area contributed by atoms with Crippen molar-refractivity contribution < 1.29 is 33.8 Å². The average Bonchev–Trinajstić information content (AvgIpc) is 2.72. The number of hydrogen-bond donors (Lipinski definition) is 4. The molecule has 0 aliphatic carbocycles. The van der Waals surface area contributed by atoms with E-state index in [0.29, 0.717) is 62.4 Å². The monoisotopic (exact) mass is 498 g/mol. The Balaban J connectivity index is 0.00000480. The molecular weight excluding hydrogens is 465 g/mol. The van der Waals surface area contributed by atoms with Crippen molar-refractivity contribution in [3.05, 3.63) is 23.5 Å². The lowest BCUT2D eigenvalue weighted by Crippen LogP contribution is -2.56. The number of hydrogen-bond acceptors (Lipinski definition) is 7. The van der Waals surface area contributed by atoms with E-state index in [4.69, 9.17) is 25.3 Å². The average molecular weight is 499 g/mol. The Hall–Kier alpha value is -1.30. The van der Waals surface area contributed by atoms with Crippen LogP contribution < -0.4 is 15.2 Å². The number of benzene rings is 1. The van der Waals surface area contributed by atoms with Crippen molar-refractivity contribution >= 4 is 37.9 Å². The molecule has 32 heavy (non-hydrogen) atoms. The molecule has 1 aliphatic rings. The molecule has 1 saturated heterocycles. The number of halogens is 3. The predicted octanol–water partition coefficient (Wildman–Crippen LogP) is 2.32. The topological polar surface area (TPSA) is 125 Å². The third-order valence-electron chi connectivity index (χ3n) is 5.96. The summed E-state index contributed by atoms with van der Waals surface area (Å²) >= 11 is 0. The second kappa shape index (κ2) is 14.1. The summed E-state index contributed by atoms with van der Waals surface area (Å²) in [5, 5.41) is 27.6. The molecule has 0 bridgehead atoms. The van der Waals surface area contributed by atoms with E-state index in [0.717, 1.165) is 0 Å². The molecular formula is C20H34BCl2FN2O6. The fraction of sp³-hybridized carbons (Fsp3) is 0.650. The van der Waals surface area contributed by atoms with Crippen LogP contribution in [0, 0.1) is 11.7 Å². The van der Waals surface area contributed by atoms with Gasteiger partial charge in [0.2, 0.25) is 0 Å². The van der Waals surface area contributed by atoms with Crippen molar-refractivity contribution in [2.75, 3.05) is 27.3 Å². The standard InChI is InChI=1S/C20H32BFN2O6.2ClH/c1-29-17-11-14(16(22)12-18(17)30-2)13-24-9-5-15(6-10-24)20(23,19(25)26)7-3-4-8-21(27)28;;/h11-12,15,27-28H,3-10,13,23H2,1-2H3,(H,25,26);2*1H. The molecule has 1 fully saturated rings. The largest absolute Gasteiger partial charge is 0.493 e. The van der Waals surface area contributed by atoms with Crippen LogP contribution in [0.25, 0.3) is 0 Å². The Morgan fingerprint density at radius 1 is 1.19 bits per heavy atom. The van der Waals surface area contributed by atoms with Gasteiger partial charge < -0.3 is 30.4 Å². The number of carbonyl (C=O) groups is 1. The minimum Gasteiger partial charge on any atom is -0.493 e. The van der Waals surface area contributed by atoms with Gasteiger partial charge in [-0.25, -0.2) is 4.39 Å². The van der Waals surface area contributed by atoms with Gasteiger partial charge in [0.15, 0.2) is 11.5 Å². The zero-order valence-electron chi connectivity index (χ0n) is 18.5. The highest BCUT2D eigenvalue weighted by molar-refractivity contribution is 6.40. The normalized spacial score (nSPS) is 16.3. The molecule has 0 aromatic heterocycles. The number of piperidine rings is 1. The van der Waals surface area contributed by atoms with Gasteiger partial charge in [-0.15, -0.1) is 24.8 Å². The molecule has 1 atom stereocenters. The van der Waals surface area contributed by atoms with Gasteiger partial charge in [-0.2, -0.15) is 0 Å². The summed E-state index contributed by atoms with van der Waals surface area (Å²) < 4.78 is 24.8. The molecule has 1 unspecified atom stereocenters. The van der Waals surface area contributed by atoms with Gasteiger partial charge >= 0.3 is 13.1 Å². The van der Waals surface area contributed by atoms with E-state index in [1.807, 2.05) is 0 Å². The number of nitrogens with two attached hydrogens (primary N) is 1. The highest BCUT2D eigenvalue weighted by Crippen LogP contribution is 2.34. The van der Waals surface area contributed by atoms with Gasteiger partial charge in [0.1, 0.15) is 11.4 Å². The van der Waals surface area contributed by atoms with E-state index in [9.17, 15) is 14.3 Å². The van der Waals surface area contributed by atoms with Gasteiger partial charge in [0.25, 0.3) is 0 Å². The van der Waals surface area contributed by atoms with Crippen LogP contribution in [-0.2, 0) is 11.3 Å². The minimum absolute atomic E-state index is 0. The van der Waals surface area contributed by atoms with E-state index in [2.05, 4.69) is 4.90 Å². The van der Waals surface area contributed by atoms with E-state index in [-0.39, 0.29) is 49.3 Å². The Morgan fingerprint density at radius 2 is 1.75 bits per heavy atom. The predicted molar refractivity (Wildman–Crippen MR) is 125 cm³/mol. The van der Waals surface area contributed by atoms with Gasteiger partial charge in [-0.1, -0.05) is 12.8 Å². The Kier molecular flexibility index (Phi) is 13.5. The Bertz CT molecular complexity index is 726. The second-order valence-electron chi connectivity index (χ2n) is 7.92. The Labute approximate surface area is 201 Å². The smallest absolute Gasteiger partial charge is 0.451 e. The maximum atomic E-state index is 14.4. The summed E-state index contributed by atoms with van der Waals surface area (Å²) in [5.74, 6) is -0.805. The summed E-state index contributed by atoms with van der Waals surface area (Å²) in [4.78, 5) is 14.0. The number of likely N-dealkylation sites (tertiary alicyclic amines) is 1. The number of carboxylic acids is 1. The number of aliphatic carboxylic acids is 1. The molecule has 5 N–H and O–H groups in total. The number of rotatable bonds is 11. The highest BCUT2D eigenvalue weighted by atomic mass is 35.5. The molecule has 1 aliphatic heterocycles. The van der Waals surface area contributed by atoms with Crippen molar-refractivity contribution in [3.8, 4) is 11.5 Å². The number of ether oxygens (including phenoxy) is 2. The van der Waals surface area contributed by atoms with Crippen molar-refractivity contribution in [2.45, 2.75) is 50.5 Å². The molecule has 2 rings (SSSR count). The number of carboxylic acid groups (broad SMARTS) is 1. The molecule has 1 aromatic rings. The molecule has 1 aromatic carbocycles. The zero-order valence-corrected chi connectivity index (χ0v) is 20.1. The van der Waals surface area contributed by atoms with E-state index >= 15 is 0 Å². The first-order valence-corrected chi connectivity index (χ1v) is 10.2. The minimum atomic E-state index is -1.39. The van der Waals surface area contributed by atoms with Gasteiger partial charge in [-0.3, -0.25) is 9.69 Å². The Morgan fingerprint density at radius 3 is 2.25 bits per heavy atom. The lowest BCUT2D eigenvalue weighted by atomic mass is 9.74. The molecule has 12 heteroatoms.